The third-order valence-corrected chi connectivity index (χ3v) is 8.06. The first kappa shape index (κ1) is 24.4. The third kappa shape index (κ3) is 4.37. The minimum absolute atomic E-state index is 0.0617. The summed E-state index contributed by atoms with van der Waals surface area (Å²) in [6, 6.07) is 15.7. The van der Waals surface area contributed by atoms with Gasteiger partial charge in [0.05, 0.1) is 12.1 Å². The van der Waals surface area contributed by atoms with E-state index in [0.717, 1.165) is 30.9 Å². The van der Waals surface area contributed by atoms with Crippen LogP contribution >= 0.6 is 0 Å². The monoisotopic (exact) mass is 456 g/mol. The lowest BCUT2D eigenvalue weighted by atomic mass is 9.60. The van der Waals surface area contributed by atoms with Crippen molar-refractivity contribution >= 4 is 17.9 Å². The molecule has 2 N–H and O–H groups in total. The SMILES string of the molecule is CCC=CC1(CC)C[N+](=CN)C(=Nc2ccc(C3(CC(C)C)CCC3)cc2C)c2ccccc21. The van der Waals surface area contributed by atoms with E-state index in [-0.39, 0.29) is 5.41 Å². The topological polar surface area (TPSA) is 41.4 Å². The number of aryl methyl sites for hydroxylation is 1. The number of nitrogens with two attached hydrogens (primary N) is 1. The molecule has 0 amide bonds. The molecule has 1 atom stereocenters. The van der Waals surface area contributed by atoms with Crippen LogP contribution in [0.25, 0.3) is 0 Å². The van der Waals surface area contributed by atoms with E-state index in [1.54, 1.807) is 6.34 Å². The highest BCUT2D eigenvalue weighted by molar-refractivity contribution is 5.98. The Morgan fingerprint density at radius 2 is 1.88 bits per heavy atom. The summed E-state index contributed by atoms with van der Waals surface area (Å²) in [6.07, 6.45) is 13.7. The molecule has 1 heterocycles. The number of rotatable bonds is 7. The van der Waals surface area contributed by atoms with Gasteiger partial charge in [-0.15, -0.1) is 4.99 Å². The molecule has 0 saturated heterocycles. The van der Waals surface area contributed by atoms with E-state index in [1.165, 1.54) is 47.9 Å². The van der Waals surface area contributed by atoms with Crippen LogP contribution in [0.4, 0.5) is 5.69 Å². The summed E-state index contributed by atoms with van der Waals surface area (Å²) in [5, 5.41) is 0. The molecule has 34 heavy (non-hydrogen) atoms. The number of aliphatic imine (C=N–C) groups is 1. The van der Waals surface area contributed by atoms with Crippen LogP contribution in [0.5, 0.6) is 0 Å². The normalized spacial score (nSPS) is 24.1. The summed E-state index contributed by atoms with van der Waals surface area (Å²) in [6.45, 7) is 12.2. The summed E-state index contributed by atoms with van der Waals surface area (Å²) >= 11 is 0. The van der Waals surface area contributed by atoms with Gasteiger partial charge in [0.15, 0.2) is 6.34 Å². The van der Waals surface area contributed by atoms with E-state index in [1.807, 2.05) is 0 Å². The second-order valence-electron chi connectivity index (χ2n) is 10.8. The number of hydrogen-bond acceptors (Lipinski definition) is 1. The Hall–Kier alpha value is -2.68. The van der Waals surface area contributed by atoms with Crippen molar-refractivity contribution in [2.75, 3.05) is 6.54 Å². The largest absolute Gasteiger partial charge is 0.325 e. The average Bonchev–Trinajstić information content (AvgIpc) is 2.82. The standard InChI is InChI=1S/C31H41N3/c1-6-8-16-30(7-2)21-34(22-32)29(26-12-9-10-13-27(26)30)33-28-15-14-25(19-24(28)5)31(17-11-18-31)20-23(3)4/h8-10,12-16,19,22-23,32H,6-7,11,17-18,20-21H2,1-5H3/p+1. The molecular formula is C31H42N3+. The van der Waals surface area contributed by atoms with E-state index in [0.29, 0.717) is 11.3 Å². The van der Waals surface area contributed by atoms with Gasteiger partial charge < -0.3 is 5.73 Å². The molecule has 0 radical (unpaired) electrons. The minimum atomic E-state index is -0.0617. The maximum Gasteiger partial charge on any atom is 0.270 e. The number of fused-ring (bicyclic) bond motifs is 1. The van der Waals surface area contributed by atoms with Gasteiger partial charge >= 0.3 is 0 Å². The van der Waals surface area contributed by atoms with Crippen molar-refractivity contribution in [3.63, 3.8) is 0 Å². The van der Waals surface area contributed by atoms with Gasteiger partial charge in [-0.2, -0.15) is 0 Å². The molecule has 0 bridgehead atoms. The molecule has 2 aromatic rings. The van der Waals surface area contributed by atoms with Gasteiger partial charge in [-0.1, -0.05) is 76.6 Å². The highest BCUT2D eigenvalue weighted by atomic mass is 15.1. The molecule has 3 nitrogen and oxygen atoms in total. The van der Waals surface area contributed by atoms with Crippen LogP contribution in [0.3, 0.4) is 0 Å². The molecule has 1 aliphatic carbocycles. The predicted octanol–water partition coefficient (Wildman–Crippen LogP) is 7.17. The Labute approximate surface area is 206 Å². The van der Waals surface area contributed by atoms with Crippen LogP contribution in [-0.4, -0.2) is 23.3 Å². The number of allylic oxidation sites excluding steroid dienone is 1. The first-order valence-electron chi connectivity index (χ1n) is 13.2. The Morgan fingerprint density at radius 3 is 2.47 bits per heavy atom. The van der Waals surface area contributed by atoms with Gasteiger partial charge in [0.25, 0.3) is 5.84 Å². The van der Waals surface area contributed by atoms with Crippen LogP contribution in [0.2, 0.25) is 0 Å². The lowest BCUT2D eigenvalue weighted by molar-refractivity contribution is -0.417. The summed E-state index contributed by atoms with van der Waals surface area (Å²) in [4.78, 5) is 5.23. The van der Waals surface area contributed by atoms with E-state index < -0.39 is 0 Å². The van der Waals surface area contributed by atoms with E-state index >= 15 is 0 Å². The lowest BCUT2D eigenvalue weighted by Crippen LogP contribution is -2.45. The zero-order valence-electron chi connectivity index (χ0n) is 21.8. The zero-order chi connectivity index (χ0) is 24.3. The zero-order valence-corrected chi connectivity index (χ0v) is 21.8. The third-order valence-electron chi connectivity index (χ3n) is 8.06. The fraction of sp³-hybridized carbons (Fsp3) is 0.484. The average molecular weight is 457 g/mol. The highest BCUT2D eigenvalue weighted by Crippen LogP contribution is 2.49. The van der Waals surface area contributed by atoms with Crippen molar-refractivity contribution in [3.05, 3.63) is 76.9 Å². The van der Waals surface area contributed by atoms with Gasteiger partial charge in [0, 0.05) is 5.41 Å². The number of nitrogens with zero attached hydrogens (tertiary/aromatic N) is 2. The molecule has 3 heteroatoms. The van der Waals surface area contributed by atoms with Crippen molar-refractivity contribution in [3.8, 4) is 0 Å². The molecule has 4 rings (SSSR count). The lowest BCUT2D eigenvalue weighted by Gasteiger charge is -2.44. The summed E-state index contributed by atoms with van der Waals surface area (Å²) in [7, 11) is 0. The molecule has 180 valence electrons. The fourth-order valence-corrected chi connectivity index (χ4v) is 6.11. The van der Waals surface area contributed by atoms with Crippen LogP contribution in [-0.2, 0) is 10.8 Å². The van der Waals surface area contributed by atoms with Gasteiger partial charge in [-0.3, -0.25) is 0 Å². The quantitative estimate of drug-likeness (QED) is 0.268. The van der Waals surface area contributed by atoms with Crippen LogP contribution in [0, 0.1) is 12.8 Å². The van der Waals surface area contributed by atoms with Crippen molar-refractivity contribution < 1.29 is 4.58 Å². The van der Waals surface area contributed by atoms with Crippen LogP contribution in [0.15, 0.2) is 59.6 Å². The van der Waals surface area contributed by atoms with Gasteiger partial charge in [-0.05, 0) is 79.2 Å². The molecular weight excluding hydrogens is 414 g/mol. The van der Waals surface area contributed by atoms with E-state index in [4.69, 9.17) is 10.7 Å². The van der Waals surface area contributed by atoms with Crippen molar-refractivity contribution in [2.24, 2.45) is 16.6 Å². The first-order chi connectivity index (χ1) is 16.4. The number of benzene rings is 2. The summed E-state index contributed by atoms with van der Waals surface area (Å²) < 4.78 is 2.14. The van der Waals surface area contributed by atoms with Crippen molar-refractivity contribution in [2.45, 2.75) is 84.0 Å². The van der Waals surface area contributed by atoms with E-state index in [9.17, 15) is 0 Å². The van der Waals surface area contributed by atoms with Gasteiger partial charge in [0.1, 0.15) is 5.69 Å². The summed E-state index contributed by atoms with van der Waals surface area (Å²) in [5.74, 6) is 1.66. The highest BCUT2D eigenvalue weighted by Gasteiger charge is 2.41. The van der Waals surface area contributed by atoms with Gasteiger partial charge in [-0.25, -0.2) is 4.58 Å². The molecule has 0 aromatic heterocycles. The molecule has 1 fully saturated rings. The molecule has 0 spiro atoms. The molecule has 1 saturated carbocycles. The Morgan fingerprint density at radius 1 is 1.12 bits per heavy atom. The predicted molar refractivity (Wildman–Crippen MR) is 146 cm³/mol. The maximum atomic E-state index is 6.20. The Kier molecular flexibility index (Phi) is 7.12. The fourth-order valence-electron chi connectivity index (χ4n) is 6.11. The van der Waals surface area contributed by atoms with Crippen molar-refractivity contribution in [1.82, 2.24) is 0 Å². The molecule has 2 aromatic carbocycles. The molecule has 1 unspecified atom stereocenters. The van der Waals surface area contributed by atoms with Gasteiger partial charge in [0.2, 0.25) is 0 Å². The second-order valence-corrected chi connectivity index (χ2v) is 10.8. The summed E-state index contributed by atoms with van der Waals surface area (Å²) in [5.41, 5.74) is 12.8. The first-order valence-corrected chi connectivity index (χ1v) is 13.2. The number of hydrogen-bond donors (Lipinski definition) is 1. The second kappa shape index (κ2) is 9.90. The maximum absolute atomic E-state index is 6.20. The Balaban J connectivity index is 1.78. The number of amidine groups is 1. The molecule has 1 aliphatic heterocycles. The smallest absolute Gasteiger partial charge is 0.270 e. The van der Waals surface area contributed by atoms with Crippen molar-refractivity contribution in [1.29, 1.82) is 0 Å². The van der Waals surface area contributed by atoms with Crippen LogP contribution < -0.4 is 5.73 Å². The van der Waals surface area contributed by atoms with E-state index in [2.05, 4.69) is 93.8 Å². The minimum Gasteiger partial charge on any atom is -0.325 e. The Bertz CT molecular complexity index is 1120. The molecule has 2 aliphatic rings. The van der Waals surface area contributed by atoms with Crippen LogP contribution in [0.1, 0.15) is 88.5 Å².